The summed E-state index contributed by atoms with van der Waals surface area (Å²) in [4.78, 5) is 31.4. The topological polar surface area (TPSA) is 62.3 Å². The summed E-state index contributed by atoms with van der Waals surface area (Å²) in [5.74, 6) is 0.185. The smallest absolute Gasteiger partial charge is 0.257 e. The highest BCUT2D eigenvalue weighted by Crippen LogP contribution is 2.35. The first-order valence-corrected chi connectivity index (χ1v) is 14.5. The predicted octanol–water partition coefficient (Wildman–Crippen LogP) is 6.12. The number of ether oxygens (including phenoxy) is 2. The molecule has 7 nitrogen and oxygen atoms in total. The number of rotatable bonds is 11. The Morgan fingerprint density at radius 1 is 1.03 bits per heavy atom. The van der Waals surface area contributed by atoms with Gasteiger partial charge in [-0.2, -0.15) is 0 Å². The number of amides is 1. The zero-order chi connectivity index (χ0) is 27.9. The number of nitrogens with zero attached hydrogens (tertiary/aromatic N) is 3. The average Bonchev–Trinajstić information content (AvgIpc) is 2.93. The highest BCUT2D eigenvalue weighted by atomic mass is 35.5. The lowest BCUT2D eigenvalue weighted by Gasteiger charge is -2.37. The van der Waals surface area contributed by atoms with Crippen LogP contribution in [-0.4, -0.2) is 69.5 Å². The molecule has 1 unspecified atom stereocenters. The van der Waals surface area contributed by atoms with Crippen molar-refractivity contribution in [3.63, 3.8) is 0 Å². The van der Waals surface area contributed by atoms with E-state index in [0.717, 1.165) is 68.3 Å². The summed E-state index contributed by atoms with van der Waals surface area (Å²) < 4.78 is 11.7. The van der Waals surface area contributed by atoms with Crippen molar-refractivity contribution in [1.29, 1.82) is 0 Å². The number of carbonyl (C=O) groups is 2. The lowest BCUT2D eigenvalue weighted by Crippen LogP contribution is -2.48. The first kappa shape index (κ1) is 29.6. The van der Waals surface area contributed by atoms with Crippen molar-refractivity contribution in [2.75, 3.05) is 49.1 Å². The second kappa shape index (κ2) is 13.8. The molecule has 1 radical (unpaired) electrons. The minimum absolute atomic E-state index is 0.0417. The molecule has 4 rings (SSSR count). The van der Waals surface area contributed by atoms with Gasteiger partial charge in [0.25, 0.3) is 7.28 Å². The van der Waals surface area contributed by atoms with E-state index < -0.39 is 12.1 Å². The van der Waals surface area contributed by atoms with Crippen molar-refractivity contribution in [2.24, 2.45) is 5.92 Å². The normalized spacial score (nSPS) is 16.7. The molecule has 39 heavy (non-hydrogen) atoms. The summed E-state index contributed by atoms with van der Waals surface area (Å²) >= 11 is 12.6. The van der Waals surface area contributed by atoms with E-state index in [4.69, 9.17) is 32.7 Å². The summed E-state index contributed by atoms with van der Waals surface area (Å²) in [7, 11) is 1.37. The minimum atomic E-state index is -0.661. The maximum Gasteiger partial charge on any atom is 0.257 e. The van der Waals surface area contributed by atoms with Crippen LogP contribution in [0.15, 0.2) is 36.4 Å². The highest BCUT2D eigenvalue weighted by molar-refractivity contribution is 6.70. The number of unbranched alkanes of at least 4 members (excludes halogenated alkanes) is 1. The van der Waals surface area contributed by atoms with Gasteiger partial charge in [-0.05, 0) is 49.6 Å². The van der Waals surface area contributed by atoms with E-state index in [1.54, 1.807) is 11.7 Å². The molecule has 0 bridgehead atoms. The molecule has 0 N–H and O–H groups in total. The third-order valence-corrected chi connectivity index (χ3v) is 8.08. The fourth-order valence-electron chi connectivity index (χ4n) is 5.09. The molecule has 0 saturated carbocycles. The molecule has 209 valence electrons. The summed E-state index contributed by atoms with van der Waals surface area (Å²) in [6, 6.07) is 11.7. The van der Waals surface area contributed by atoms with Crippen LogP contribution in [0.25, 0.3) is 0 Å². The van der Waals surface area contributed by atoms with E-state index in [2.05, 4.69) is 9.80 Å². The van der Waals surface area contributed by atoms with Crippen LogP contribution in [0.1, 0.15) is 38.7 Å². The standard InChI is InChI=1S/C29H37BCl2N3O4/c1-20(2)28(39-29(37)30-3)35-25-19-22(11-9-21(25)10-12-26(35)36)38-18-5-4-13-33-14-16-34(17-15-33)24-8-6-7-23(31)27(24)32/h6-9,11,19-20,28H,4-5,10,12-18H2,1-3H3. The third kappa shape index (κ3) is 7.41. The van der Waals surface area contributed by atoms with Crippen molar-refractivity contribution >= 4 is 53.6 Å². The second-order valence-corrected chi connectivity index (χ2v) is 11.2. The number of aryl methyl sites for hydroxylation is 1. The Hall–Kier alpha value is -2.42. The van der Waals surface area contributed by atoms with Gasteiger partial charge >= 0.3 is 0 Å². The van der Waals surface area contributed by atoms with Crippen LogP contribution in [0.2, 0.25) is 16.9 Å². The Morgan fingerprint density at radius 3 is 2.51 bits per heavy atom. The molecule has 0 aliphatic carbocycles. The molecule has 1 fully saturated rings. The van der Waals surface area contributed by atoms with Crippen LogP contribution in [0.4, 0.5) is 16.2 Å². The van der Waals surface area contributed by atoms with Crippen LogP contribution in [-0.2, 0) is 16.0 Å². The molecule has 2 aliphatic rings. The number of anilines is 2. The number of hydrogen-bond acceptors (Lipinski definition) is 6. The predicted molar refractivity (Wildman–Crippen MR) is 159 cm³/mol. The Balaban J connectivity index is 1.26. The third-order valence-electron chi connectivity index (χ3n) is 7.27. The largest absolute Gasteiger partial charge is 0.494 e. The van der Waals surface area contributed by atoms with Gasteiger partial charge in [0, 0.05) is 44.6 Å². The summed E-state index contributed by atoms with van der Waals surface area (Å²) in [5.41, 5.74) is 2.83. The zero-order valence-electron chi connectivity index (χ0n) is 23.0. The first-order chi connectivity index (χ1) is 18.8. The average molecular weight is 573 g/mol. The number of fused-ring (bicyclic) bond motifs is 1. The van der Waals surface area contributed by atoms with Gasteiger partial charge in [-0.25, -0.2) is 0 Å². The first-order valence-electron chi connectivity index (χ1n) is 13.8. The molecule has 2 aromatic carbocycles. The molecule has 1 saturated heterocycles. The quantitative estimate of drug-likeness (QED) is 0.238. The molecule has 2 aromatic rings. The number of benzene rings is 2. The van der Waals surface area contributed by atoms with E-state index in [1.165, 1.54) is 7.28 Å². The summed E-state index contributed by atoms with van der Waals surface area (Å²) in [5, 5.41) is 1.22. The zero-order valence-corrected chi connectivity index (χ0v) is 24.5. The Kier molecular flexibility index (Phi) is 10.4. The molecule has 2 aliphatic heterocycles. The van der Waals surface area contributed by atoms with Gasteiger partial charge in [0.2, 0.25) is 11.8 Å². The number of carbonyl (C=O) groups excluding carboxylic acids is 2. The maximum atomic E-state index is 12.9. The van der Waals surface area contributed by atoms with Gasteiger partial charge in [0.1, 0.15) is 5.75 Å². The Bertz CT molecular complexity index is 1160. The van der Waals surface area contributed by atoms with Gasteiger partial charge in [0.05, 0.1) is 28.0 Å². The van der Waals surface area contributed by atoms with E-state index in [-0.39, 0.29) is 11.8 Å². The van der Waals surface area contributed by atoms with Crippen molar-refractivity contribution in [1.82, 2.24) is 4.90 Å². The lowest BCUT2D eigenvalue weighted by atomic mass is 9.83. The summed E-state index contributed by atoms with van der Waals surface area (Å²) in [6.07, 6.45) is 2.36. The minimum Gasteiger partial charge on any atom is -0.494 e. The monoisotopic (exact) mass is 572 g/mol. The lowest BCUT2D eigenvalue weighted by molar-refractivity contribution is -0.121. The Morgan fingerprint density at radius 2 is 1.79 bits per heavy atom. The number of piperazine rings is 1. The van der Waals surface area contributed by atoms with Gasteiger partial charge in [-0.1, -0.05) is 56.0 Å². The van der Waals surface area contributed by atoms with E-state index in [9.17, 15) is 9.59 Å². The van der Waals surface area contributed by atoms with Crippen molar-refractivity contribution in [3.05, 3.63) is 52.0 Å². The van der Waals surface area contributed by atoms with Crippen molar-refractivity contribution in [3.8, 4) is 5.75 Å². The fraction of sp³-hybridized carbons (Fsp3) is 0.517. The van der Waals surface area contributed by atoms with Crippen LogP contribution < -0.4 is 14.5 Å². The van der Waals surface area contributed by atoms with Crippen LogP contribution in [0.5, 0.6) is 5.75 Å². The molecule has 1 amide bonds. The molecule has 2 heterocycles. The maximum absolute atomic E-state index is 12.9. The van der Waals surface area contributed by atoms with Crippen LogP contribution >= 0.6 is 23.2 Å². The van der Waals surface area contributed by atoms with Crippen LogP contribution in [0.3, 0.4) is 0 Å². The van der Waals surface area contributed by atoms with Gasteiger partial charge < -0.3 is 14.4 Å². The van der Waals surface area contributed by atoms with Crippen LogP contribution in [0, 0.1) is 5.92 Å². The number of hydrogen-bond donors (Lipinski definition) is 0. The highest BCUT2D eigenvalue weighted by Gasteiger charge is 2.34. The molecular formula is C29H37BCl2N3O4. The van der Waals surface area contributed by atoms with E-state index >= 15 is 0 Å². The van der Waals surface area contributed by atoms with Gasteiger partial charge in [-0.3, -0.25) is 19.4 Å². The van der Waals surface area contributed by atoms with E-state index in [1.807, 2.05) is 50.2 Å². The van der Waals surface area contributed by atoms with Gasteiger partial charge in [-0.15, -0.1) is 0 Å². The van der Waals surface area contributed by atoms with E-state index in [0.29, 0.717) is 29.5 Å². The summed E-state index contributed by atoms with van der Waals surface area (Å²) in [6.45, 7) is 10.9. The molecule has 1 atom stereocenters. The van der Waals surface area contributed by atoms with Crippen molar-refractivity contribution in [2.45, 2.75) is 52.6 Å². The Labute approximate surface area is 242 Å². The molecule has 10 heteroatoms. The molecule has 0 aromatic heterocycles. The van der Waals surface area contributed by atoms with Crippen molar-refractivity contribution < 1.29 is 19.1 Å². The number of halogens is 2. The second-order valence-electron chi connectivity index (χ2n) is 10.4. The van der Waals surface area contributed by atoms with Gasteiger partial charge in [0.15, 0.2) is 6.23 Å². The fourth-order valence-corrected chi connectivity index (χ4v) is 5.51. The molecular weight excluding hydrogens is 536 g/mol. The molecule has 0 spiro atoms. The SMILES string of the molecule is C[B]C(=O)OC(C(C)C)N1C(=O)CCc2ccc(OCCCCN3CCN(c4cccc(Cl)c4Cl)CC3)cc21.